The Labute approximate surface area is 142 Å². The fourth-order valence-corrected chi connectivity index (χ4v) is 3.54. The highest BCUT2D eigenvalue weighted by molar-refractivity contribution is 6.31. The summed E-state index contributed by atoms with van der Waals surface area (Å²) in [7, 11) is 1.47. The largest absolute Gasteiger partial charge is 0.494 e. The summed E-state index contributed by atoms with van der Waals surface area (Å²) in [5.74, 6) is 1.21. The van der Waals surface area contributed by atoms with Crippen molar-refractivity contribution in [3.05, 3.63) is 22.7 Å². The Hall–Kier alpha value is -1.46. The van der Waals surface area contributed by atoms with Crippen molar-refractivity contribution in [2.24, 2.45) is 11.8 Å². The fourth-order valence-electron chi connectivity index (χ4n) is 3.31. The van der Waals surface area contributed by atoms with Gasteiger partial charge in [0.25, 0.3) is 0 Å². The third-order valence-corrected chi connectivity index (χ3v) is 4.31. The molecular formula is C17H25ClN2O3. The van der Waals surface area contributed by atoms with E-state index in [1.165, 1.54) is 19.6 Å². The van der Waals surface area contributed by atoms with E-state index in [1.807, 2.05) is 0 Å². The molecule has 0 aromatic heterocycles. The molecule has 2 atom stereocenters. The van der Waals surface area contributed by atoms with Crippen LogP contribution in [0.15, 0.2) is 12.1 Å². The number of nitrogens with two attached hydrogens (primary N) is 1. The number of anilines is 1. The quantitative estimate of drug-likeness (QED) is 0.659. The standard InChI is InChI=1S/C17H25ClN2O3/c1-11-6-12(2)10-20(9-11)4-5-23-17(21)14-7-13(18)8-15(19)16(14)22-3/h7-8,11-12H,4-6,9-10,19H2,1-3H3/t11-,12-/m0/s1. The number of benzene rings is 1. The lowest BCUT2D eigenvalue weighted by atomic mass is 9.92. The van der Waals surface area contributed by atoms with Gasteiger partial charge in [-0.2, -0.15) is 0 Å². The van der Waals surface area contributed by atoms with Crippen LogP contribution in [0.4, 0.5) is 5.69 Å². The van der Waals surface area contributed by atoms with Gasteiger partial charge in [-0.25, -0.2) is 4.79 Å². The highest BCUT2D eigenvalue weighted by Crippen LogP contribution is 2.30. The van der Waals surface area contributed by atoms with Gasteiger partial charge in [0.2, 0.25) is 0 Å². The average Bonchev–Trinajstić information content (AvgIpc) is 2.45. The molecule has 1 aliphatic rings. The van der Waals surface area contributed by atoms with Crippen molar-refractivity contribution >= 4 is 23.3 Å². The molecule has 0 saturated carbocycles. The number of nitrogens with zero attached hydrogens (tertiary/aromatic N) is 1. The highest BCUT2D eigenvalue weighted by Gasteiger charge is 2.22. The molecule has 2 N–H and O–H groups in total. The van der Waals surface area contributed by atoms with E-state index in [1.54, 1.807) is 6.07 Å². The SMILES string of the molecule is COc1c(N)cc(Cl)cc1C(=O)OCCN1C[C@@H](C)C[C@H](C)C1. The number of methoxy groups -OCH3 is 1. The first-order valence-electron chi connectivity index (χ1n) is 7.93. The van der Waals surface area contributed by atoms with Crippen LogP contribution in [0.25, 0.3) is 0 Å². The van der Waals surface area contributed by atoms with Crippen molar-refractivity contribution in [3.8, 4) is 5.75 Å². The minimum Gasteiger partial charge on any atom is -0.494 e. The summed E-state index contributed by atoms with van der Waals surface area (Å²) in [5, 5.41) is 0.383. The summed E-state index contributed by atoms with van der Waals surface area (Å²) in [6, 6.07) is 3.07. The van der Waals surface area contributed by atoms with Crippen molar-refractivity contribution in [1.29, 1.82) is 0 Å². The number of nitrogen functional groups attached to an aromatic ring is 1. The first-order valence-corrected chi connectivity index (χ1v) is 8.31. The van der Waals surface area contributed by atoms with Crippen LogP contribution in [-0.2, 0) is 4.74 Å². The molecule has 1 fully saturated rings. The predicted molar refractivity (Wildman–Crippen MR) is 92.1 cm³/mol. The van der Waals surface area contributed by atoms with E-state index in [0.717, 1.165) is 19.6 Å². The van der Waals surface area contributed by atoms with Crippen LogP contribution in [0.1, 0.15) is 30.6 Å². The van der Waals surface area contributed by atoms with E-state index in [-0.39, 0.29) is 5.56 Å². The summed E-state index contributed by atoms with van der Waals surface area (Å²) in [5.41, 5.74) is 6.41. The van der Waals surface area contributed by atoms with E-state index in [9.17, 15) is 4.79 Å². The van der Waals surface area contributed by atoms with Crippen LogP contribution in [-0.4, -0.2) is 44.2 Å². The number of likely N-dealkylation sites (tertiary alicyclic amines) is 1. The zero-order valence-electron chi connectivity index (χ0n) is 14.0. The van der Waals surface area contributed by atoms with Gasteiger partial charge in [-0.15, -0.1) is 0 Å². The van der Waals surface area contributed by atoms with Crippen molar-refractivity contribution in [1.82, 2.24) is 4.90 Å². The number of esters is 1. The van der Waals surface area contributed by atoms with Crippen LogP contribution < -0.4 is 10.5 Å². The number of carbonyl (C=O) groups excluding carboxylic acids is 1. The first-order chi connectivity index (χ1) is 10.9. The molecule has 0 unspecified atom stereocenters. The van der Waals surface area contributed by atoms with Crippen LogP contribution in [0.3, 0.4) is 0 Å². The number of hydrogen-bond acceptors (Lipinski definition) is 5. The van der Waals surface area contributed by atoms with Crippen molar-refractivity contribution in [3.63, 3.8) is 0 Å². The molecular weight excluding hydrogens is 316 g/mol. The number of hydrogen-bond donors (Lipinski definition) is 1. The lowest BCUT2D eigenvalue weighted by molar-refractivity contribution is 0.0412. The van der Waals surface area contributed by atoms with Gasteiger partial charge in [0.05, 0.1) is 12.8 Å². The molecule has 0 spiro atoms. The number of piperidine rings is 1. The normalized spacial score (nSPS) is 21.9. The Morgan fingerprint density at radius 2 is 2.00 bits per heavy atom. The Morgan fingerprint density at radius 1 is 1.35 bits per heavy atom. The second kappa shape index (κ2) is 7.88. The Morgan fingerprint density at radius 3 is 2.61 bits per heavy atom. The summed E-state index contributed by atoms with van der Waals surface area (Å²) >= 11 is 5.96. The molecule has 1 aliphatic heterocycles. The Bertz CT molecular complexity index is 555. The zero-order valence-corrected chi connectivity index (χ0v) is 14.7. The molecule has 0 amide bonds. The molecule has 0 aliphatic carbocycles. The van der Waals surface area contributed by atoms with Crippen molar-refractivity contribution < 1.29 is 14.3 Å². The van der Waals surface area contributed by atoms with Gasteiger partial charge in [-0.1, -0.05) is 25.4 Å². The van der Waals surface area contributed by atoms with Crippen LogP contribution in [0.2, 0.25) is 5.02 Å². The third kappa shape index (κ3) is 4.75. The number of halogens is 1. The van der Waals surface area contributed by atoms with E-state index >= 15 is 0 Å². The molecule has 6 heteroatoms. The minimum absolute atomic E-state index is 0.262. The Kier molecular flexibility index (Phi) is 6.13. The van der Waals surface area contributed by atoms with Gasteiger partial charge in [0.15, 0.2) is 5.75 Å². The van der Waals surface area contributed by atoms with E-state index in [4.69, 9.17) is 26.8 Å². The maximum atomic E-state index is 12.3. The molecule has 23 heavy (non-hydrogen) atoms. The molecule has 2 rings (SSSR count). The molecule has 5 nitrogen and oxygen atoms in total. The number of rotatable bonds is 5. The fraction of sp³-hybridized carbons (Fsp3) is 0.588. The van der Waals surface area contributed by atoms with E-state index in [2.05, 4.69) is 18.7 Å². The van der Waals surface area contributed by atoms with Gasteiger partial charge >= 0.3 is 5.97 Å². The minimum atomic E-state index is -0.464. The van der Waals surface area contributed by atoms with Gasteiger partial charge in [0.1, 0.15) is 12.2 Å². The van der Waals surface area contributed by atoms with Crippen molar-refractivity contribution in [2.45, 2.75) is 20.3 Å². The lowest BCUT2D eigenvalue weighted by Crippen LogP contribution is -2.40. The number of ether oxygens (including phenoxy) is 2. The molecule has 1 saturated heterocycles. The topological polar surface area (TPSA) is 64.8 Å². The highest BCUT2D eigenvalue weighted by atomic mass is 35.5. The average molecular weight is 341 g/mol. The molecule has 0 radical (unpaired) electrons. The summed E-state index contributed by atoms with van der Waals surface area (Å²) < 4.78 is 10.6. The molecule has 1 aromatic carbocycles. The van der Waals surface area contributed by atoms with Gasteiger partial charge < -0.3 is 15.2 Å². The summed E-state index contributed by atoms with van der Waals surface area (Å²) in [6.07, 6.45) is 1.26. The molecule has 128 valence electrons. The molecule has 0 bridgehead atoms. The Balaban J connectivity index is 1.93. The monoisotopic (exact) mass is 340 g/mol. The lowest BCUT2D eigenvalue weighted by Gasteiger charge is -2.34. The number of carbonyl (C=O) groups is 1. The van der Waals surface area contributed by atoms with Crippen LogP contribution in [0.5, 0.6) is 5.75 Å². The second-order valence-electron chi connectivity index (χ2n) is 6.42. The second-order valence-corrected chi connectivity index (χ2v) is 6.85. The van der Waals surface area contributed by atoms with Gasteiger partial charge in [-0.3, -0.25) is 4.90 Å². The summed E-state index contributed by atoms with van der Waals surface area (Å²) in [6.45, 7) is 7.69. The van der Waals surface area contributed by atoms with Crippen LogP contribution in [0, 0.1) is 11.8 Å². The maximum absolute atomic E-state index is 12.3. The predicted octanol–water partition coefficient (Wildman–Crippen LogP) is 3.07. The van der Waals surface area contributed by atoms with Gasteiger partial charge in [-0.05, 0) is 30.4 Å². The molecule has 1 heterocycles. The zero-order chi connectivity index (χ0) is 17.0. The smallest absolute Gasteiger partial charge is 0.342 e. The third-order valence-electron chi connectivity index (χ3n) is 4.09. The van der Waals surface area contributed by atoms with Gasteiger partial charge in [0, 0.05) is 24.7 Å². The van der Waals surface area contributed by atoms with Crippen LogP contribution >= 0.6 is 11.6 Å². The first kappa shape index (κ1) is 17.9. The molecule has 1 aromatic rings. The van der Waals surface area contributed by atoms with E-state index in [0.29, 0.717) is 34.9 Å². The van der Waals surface area contributed by atoms with Crippen molar-refractivity contribution in [2.75, 3.05) is 39.1 Å². The maximum Gasteiger partial charge on any atom is 0.342 e. The summed E-state index contributed by atoms with van der Waals surface area (Å²) in [4.78, 5) is 14.6. The van der Waals surface area contributed by atoms with E-state index < -0.39 is 5.97 Å².